The van der Waals surface area contributed by atoms with Crippen molar-refractivity contribution in [1.82, 2.24) is 5.32 Å². The third-order valence-corrected chi connectivity index (χ3v) is 1.47. The first-order valence-corrected chi connectivity index (χ1v) is 3.90. The minimum absolute atomic E-state index is 0. The van der Waals surface area contributed by atoms with Crippen LogP contribution in [0.15, 0.2) is 0 Å². The first kappa shape index (κ1) is 14.2. The number of hydrogen-bond acceptors (Lipinski definition) is 5. The SMILES string of the molecule is O=C(O)CC(=O)OC[C@@H]1CNC(=O)O1.[Na+]. The predicted octanol–water partition coefficient (Wildman–Crippen LogP) is -3.88. The van der Waals surface area contributed by atoms with Crippen molar-refractivity contribution in [3.63, 3.8) is 0 Å². The predicted molar refractivity (Wildman–Crippen MR) is 41.5 cm³/mol. The van der Waals surface area contributed by atoms with Crippen LogP contribution in [0, 0.1) is 0 Å². The third-order valence-electron chi connectivity index (χ3n) is 1.47. The molecule has 1 aliphatic heterocycles. The molecule has 1 aliphatic rings. The van der Waals surface area contributed by atoms with Gasteiger partial charge in [-0.25, -0.2) is 4.79 Å². The van der Waals surface area contributed by atoms with E-state index >= 15 is 0 Å². The molecule has 0 bridgehead atoms. The molecule has 0 unspecified atom stereocenters. The normalized spacial score (nSPS) is 18.4. The summed E-state index contributed by atoms with van der Waals surface area (Å²) in [5, 5.41) is 10.6. The van der Waals surface area contributed by atoms with Crippen LogP contribution < -0.4 is 34.9 Å². The van der Waals surface area contributed by atoms with Crippen molar-refractivity contribution in [3.05, 3.63) is 0 Å². The van der Waals surface area contributed by atoms with Crippen LogP contribution in [0.25, 0.3) is 0 Å². The number of rotatable bonds is 4. The summed E-state index contributed by atoms with van der Waals surface area (Å²) in [7, 11) is 0. The fourth-order valence-corrected chi connectivity index (χ4v) is 0.885. The Morgan fingerprint density at radius 3 is 2.73 bits per heavy atom. The molecule has 0 aliphatic carbocycles. The van der Waals surface area contributed by atoms with Crippen LogP contribution in [0.2, 0.25) is 0 Å². The fourth-order valence-electron chi connectivity index (χ4n) is 0.885. The first-order chi connectivity index (χ1) is 6.58. The summed E-state index contributed by atoms with van der Waals surface area (Å²) in [6, 6.07) is 0. The van der Waals surface area contributed by atoms with Crippen molar-refractivity contribution in [2.75, 3.05) is 13.2 Å². The van der Waals surface area contributed by atoms with Gasteiger partial charge in [-0.1, -0.05) is 0 Å². The van der Waals surface area contributed by atoms with Crippen LogP contribution in [0.1, 0.15) is 6.42 Å². The van der Waals surface area contributed by atoms with Gasteiger partial charge >= 0.3 is 47.6 Å². The van der Waals surface area contributed by atoms with Crippen molar-refractivity contribution in [2.24, 2.45) is 0 Å². The Morgan fingerprint density at radius 2 is 2.27 bits per heavy atom. The molecule has 0 aromatic carbocycles. The van der Waals surface area contributed by atoms with Crippen molar-refractivity contribution in [2.45, 2.75) is 12.5 Å². The molecule has 0 aromatic heterocycles. The van der Waals surface area contributed by atoms with Gasteiger partial charge in [0.1, 0.15) is 13.0 Å². The van der Waals surface area contributed by atoms with Crippen molar-refractivity contribution in [1.29, 1.82) is 0 Å². The first-order valence-electron chi connectivity index (χ1n) is 3.90. The number of ether oxygens (including phenoxy) is 2. The third kappa shape index (κ3) is 5.60. The number of esters is 1. The molecule has 0 saturated carbocycles. The standard InChI is InChI=1S/C7H9NO6.Na/c9-5(10)1-6(11)13-3-4-2-8-7(12)14-4;/h4H,1-3H2,(H,8,12)(H,9,10);/q;+1/t4-;/m0./s1. The quantitative estimate of drug-likeness (QED) is 0.289. The summed E-state index contributed by atoms with van der Waals surface area (Å²) in [6.45, 7) is 0.143. The molecule has 1 rings (SSSR count). The molecule has 8 heteroatoms. The van der Waals surface area contributed by atoms with Gasteiger partial charge in [-0.2, -0.15) is 0 Å². The average Bonchev–Trinajstić information content (AvgIpc) is 2.47. The number of carbonyl (C=O) groups is 3. The van der Waals surface area contributed by atoms with Gasteiger partial charge in [-0.3, -0.25) is 9.59 Å². The van der Waals surface area contributed by atoms with Gasteiger partial charge in [-0.05, 0) is 0 Å². The van der Waals surface area contributed by atoms with Gasteiger partial charge in [0.05, 0.1) is 6.54 Å². The van der Waals surface area contributed by atoms with Crippen molar-refractivity contribution < 1.29 is 58.5 Å². The number of carboxylic acids is 1. The summed E-state index contributed by atoms with van der Waals surface area (Å²) in [6.07, 6.45) is -1.78. The molecular weight excluding hydrogens is 217 g/mol. The van der Waals surface area contributed by atoms with Crippen molar-refractivity contribution in [3.8, 4) is 0 Å². The van der Waals surface area contributed by atoms with Gasteiger partial charge in [-0.15, -0.1) is 0 Å². The second-order valence-corrected chi connectivity index (χ2v) is 2.66. The van der Waals surface area contributed by atoms with E-state index < -0.39 is 30.6 Å². The molecule has 1 heterocycles. The summed E-state index contributed by atoms with van der Waals surface area (Å²) in [5.74, 6) is -2.10. The zero-order chi connectivity index (χ0) is 10.6. The topological polar surface area (TPSA) is 102 Å². The molecule has 0 aromatic rings. The summed E-state index contributed by atoms with van der Waals surface area (Å²) < 4.78 is 9.19. The second-order valence-electron chi connectivity index (χ2n) is 2.66. The molecule has 1 fully saturated rings. The van der Waals surface area contributed by atoms with Gasteiger partial charge in [0.15, 0.2) is 6.10 Å². The Kier molecular flexibility index (Phi) is 6.30. The average molecular weight is 226 g/mol. The van der Waals surface area contributed by atoms with E-state index in [1.54, 1.807) is 0 Å². The van der Waals surface area contributed by atoms with Gasteiger partial charge < -0.3 is 19.9 Å². The van der Waals surface area contributed by atoms with Gasteiger partial charge in [0.25, 0.3) is 0 Å². The van der Waals surface area contributed by atoms with E-state index in [2.05, 4.69) is 14.8 Å². The molecule has 7 nitrogen and oxygen atoms in total. The maximum absolute atomic E-state index is 10.7. The molecule has 0 radical (unpaired) electrons. The minimum Gasteiger partial charge on any atom is -0.481 e. The molecule has 1 saturated heterocycles. The zero-order valence-electron chi connectivity index (χ0n) is 8.19. The summed E-state index contributed by atoms with van der Waals surface area (Å²) in [4.78, 5) is 31.3. The molecule has 0 spiro atoms. The minimum atomic E-state index is -1.25. The number of nitrogens with one attached hydrogen (secondary N) is 1. The smallest absolute Gasteiger partial charge is 0.481 e. The number of cyclic esters (lactones) is 1. The van der Waals surface area contributed by atoms with Gasteiger partial charge in [0, 0.05) is 0 Å². The van der Waals surface area contributed by atoms with E-state index in [9.17, 15) is 14.4 Å². The zero-order valence-corrected chi connectivity index (χ0v) is 10.2. The Labute approximate surface area is 107 Å². The van der Waals surface area contributed by atoms with Gasteiger partial charge in [0.2, 0.25) is 0 Å². The van der Waals surface area contributed by atoms with Crippen LogP contribution in [-0.2, 0) is 19.1 Å². The summed E-state index contributed by atoms with van der Waals surface area (Å²) in [5.41, 5.74) is 0. The Balaban J connectivity index is 0.00000196. The van der Waals surface area contributed by atoms with Crippen LogP contribution >= 0.6 is 0 Å². The van der Waals surface area contributed by atoms with Crippen molar-refractivity contribution >= 4 is 18.0 Å². The Hall–Kier alpha value is -0.790. The maximum atomic E-state index is 10.7. The fraction of sp³-hybridized carbons (Fsp3) is 0.571. The van der Waals surface area contributed by atoms with E-state index in [0.29, 0.717) is 0 Å². The number of aliphatic carboxylic acids is 1. The molecule has 15 heavy (non-hydrogen) atoms. The van der Waals surface area contributed by atoms with E-state index in [-0.39, 0.29) is 42.7 Å². The maximum Gasteiger partial charge on any atom is 1.00 e. The van der Waals surface area contributed by atoms with E-state index in [4.69, 9.17) is 5.11 Å². The van der Waals surface area contributed by atoms with Crippen LogP contribution in [0.3, 0.4) is 0 Å². The van der Waals surface area contributed by atoms with Crippen LogP contribution in [0.5, 0.6) is 0 Å². The second kappa shape index (κ2) is 6.65. The largest absolute Gasteiger partial charge is 1.00 e. The molecular formula is C7H9NNaO6+. The van der Waals surface area contributed by atoms with Crippen LogP contribution in [-0.4, -0.2) is 42.4 Å². The summed E-state index contributed by atoms with van der Waals surface area (Å²) >= 11 is 0. The Morgan fingerprint density at radius 1 is 1.60 bits per heavy atom. The Bertz CT molecular complexity index is 268. The molecule has 2 N–H and O–H groups in total. The van der Waals surface area contributed by atoms with E-state index in [1.807, 2.05) is 0 Å². The number of hydrogen-bond donors (Lipinski definition) is 2. The monoisotopic (exact) mass is 226 g/mol. The number of carbonyl (C=O) groups excluding carboxylic acids is 2. The molecule has 1 atom stereocenters. The molecule has 1 amide bonds. The van der Waals surface area contributed by atoms with E-state index in [1.165, 1.54) is 0 Å². The molecule has 78 valence electrons. The van der Waals surface area contributed by atoms with E-state index in [0.717, 1.165) is 0 Å². The number of alkyl carbamates (subject to hydrolysis) is 1. The number of amides is 1. The number of carboxylic acid groups (broad SMARTS) is 1. The van der Waals surface area contributed by atoms with Crippen LogP contribution in [0.4, 0.5) is 4.79 Å².